The molecule has 16 nitrogen and oxygen atoms in total. The van der Waals surface area contributed by atoms with Gasteiger partial charge >= 0.3 is 35.8 Å². The van der Waals surface area contributed by atoms with E-state index in [9.17, 15) is 33.2 Å². The number of halogens is 1. The maximum atomic E-state index is 11.9. The fourth-order valence-corrected chi connectivity index (χ4v) is 13.6. The Morgan fingerprint density at radius 1 is 0.369 bits per heavy atom. The minimum absolute atomic E-state index is 0.109. The number of benzene rings is 6. The van der Waals surface area contributed by atoms with Crippen LogP contribution >= 0.6 is 0 Å². The number of nitrogens with zero attached hydrogens (tertiary/aromatic N) is 2. The van der Waals surface area contributed by atoms with Crippen molar-refractivity contribution in [1.29, 1.82) is 0 Å². The maximum Gasteiger partial charge on any atom is 0.334 e. The first-order chi connectivity index (χ1) is 51.2. The molecule has 0 bridgehead atoms. The van der Waals surface area contributed by atoms with Crippen molar-refractivity contribution in [2.75, 3.05) is 28.4 Å². The average Bonchev–Trinajstić information content (AvgIpc) is 1.63. The molecular weight excluding hydrogens is 1400 g/mol. The van der Waals surface area contributed by atoms with Crippen LogP contribution in [0.4, 0.5) is 4.39 Å². The first kappa shape index (κ1) is 96.7. The molecule has 0 heterocycles. The first-order valence-corrected chi connectivity index (χ1v) is 36.8. The largest absolute Gasteiger partial charge is 0.469 e. The van der Waals surface area contributed by atoms with Crippen LogP contribution in [-0.4, -0.2) is 69.1 Å². The minimum Gasteiger partial charge on any atom is -0.469 e. The molecule has 5 aliphatic rings. The van der Waals surface area contributed by atoms with Gasteiger partial charge in [-0.25, -0.2) is 30.5 Å². The molecule has 111 heavy (non-hydrogen) atoms. The highest BCUT2D eigenvalue weighted by Crippen LogP contribution is 2.57. The second-order valence-electron chi connectivity index (χ2n) is 32.6. The van der Waals surface area contributed by atoms with Crippen molar-refractivity contribution in [3.63, 3.8) is 0 Å². The molecule has 0 fully saturated rings. The summed E-state index contributed by atoms with van der Waals surface area (Å²) in [6.45, 7) is 67.3. The second kappa shape index (κ2) is 40.0. The molecule has 17 heteroatoms. The molecule has 6 aromatic carbocycles. The second-order valence-corrected chi connectivity index (χ2v) is 32.6. The van der Waals surface area contributed by atoms with E-state index >= 15 is 0 Å². The van der Waals surface area contributed by atoms with Gasteiger partial charge in [0.25, 0.3) is 0 Å². The third-order valence-electron chi connectivity index (χ3n) is 21.7. The van der Waals surface area contributed by atoms with E-state index < -0.39 is 32.9 Å². The van der Waals surface area contributed by atoms with E-state index in [-0.39, 0.29) is 62.9 Å². The lowest BCUT2D eigenvalue weighted by atomic mass is 9.76. The van der Waals surface area contributed by atoms with E-state index in [4.69, 9.17) is 40.4 Å². The molecule has 0 aromatic heterocycles. The molecule has 0 saturated heterocycles. The predicted molar refractivity (Wildman–Crippen MR) is 442 cm³/mol. The zero-order valence-corrected chi connectivity index (χ0v) is 71.0. The van der Waals surface area contributed by atoms with Crippen LogP contribution < -0.4 is 0 Å². The zero-order valence-electron chi connectivity index (χ0n) is 71.0. The summed E-state index contributed by atoms with van der Waals surface area (Å²) in [5.41, 5.74) is 12.0. The number of fused-ring (bicyclic) bond motifs is 5. The molecule has 600 valence electrons. The summed E-state index contributed by atoms with van der Waals surface area (Å²) in [5.74, 6) is -1.83. The van der Waals surface area contributed by atoms with Crippen molar-refractivity contribution in [1.82, 2.24) is 0 Å². The summed E-state index contributed by atoms with van der Waals surface area (Å²) in [6, 6.07) is 51.2. The van der Waals surface area contributed by atoms with Gasteiger partial charge in [0.15, 0.2) is 7.05 Å². The number of carbonyl (C=O) groups is 6. The van der Waals surface area contributed by atoms with E-state index in [1.807, 2.05) is 113 Å². The molecule has 0 N–H and O–H groups in total. The Hall–Kier alpha value is -10.3. The van der Waals surface area contributed by atoms with E-state index in [1.165, 1.54) is 54.5 Å². The van der Waals surface area contributed by atoms with Crippen LogP contribution in [0.5, 0.6) is 0 Å². The van der Waals surface area contributed by atoms with Gasteiger partial charge in [0.05, 0.1) is 14.3 Å². The Labute approximate surface area is 662 Å². The molecule has 0 saturated carbocycles. The quantitative estimate of drug-likeness (QED) is 0.0312. The summed E-state index contributed by atoms with van der Waals surface area (Å²) in [6.07, 6.45) is 4.60. The predicted octanol–water partition coefficient (Wildman–Crippen LogP) is 21.2. The molecule has 0 aliphatic heterocycles. The third kappa shape index (κ3) is 23.8. The fraction of sp³-hybridized carbons (Fsp3) is 0.436. The molecule has 0 amide bonds. The fourth-order valence-electron chi connectivity index (χ4n) is 13.6. The maximum absolute atomic E-state index is 11.9. The number of ether oxygens (including phenoxy) is 6. The Bertz CT molecular complexity index is 3820. The number of rotatable bonds is 10. The number of carbonyl (C=O) groups excluding carboxylic acids is 6. The Balaban J connectivity index is 0.000000441. The van der Waals surface area contributed by atoms with Crippen LogP contribution in [0.2, 0.25) is 0 Å². The van der Waals surface area contributed by atoms with Crippen molar-refractivity contribution in [2.45, 2.75) is 212 Å². The summed E-state index contributed by atoms with van der Waals surface area (Å²) in [4.78, 5) is 80.0. The van der Waals surface area contributed by atoms with E-state index in [0.717, 1.165) is 67.0 Å². The van der Waals surface area contributed by atoms with Crippen molar-refractivity contribution >= 4 is 35.8 Å². The number of esters is 6. The molecule has 5 atom stereocenters. The summed E-state index contributed by atoms with van der Waals surface area (Å²) < 4.78 is 42.4. The topological polar surface area (TPSA) is 205 Å². The Morgan fingerprint density at radius 2 is 0.505 bits per heavy atom. The van der Waals surface area contributed by atoms with E-state index in [0.29, 0.717) is 35.0 Å². The number of nitro groups is 1. The molecule has 5 unspecified atom stereocenters. The van der Waals surface area contributed by atoms with Gasteiger partial charge in [-0.05, 0) is 164 Å². The number of hydrogen-bond donors (Lipinski definition) is 0. The Morgan fingerprint density at radius 3 is 0.622 bits per heavy atom. The van der Waals surface area contributed by atoms with Gasteiger partial charge in [-0.2, -0.15) is 0 Å². The molecule has 5 aliphatic carbocycles. The molecule has 0 spiro atoms. The lowest BCUT2D eigenvalue weighted by molar-refractivity contribution is -0.445. The van der Waals surface area contributed by atoms with Crippen molar-refractivity contribution in [2.24, 2.45) is 27.1 Å². The molecule has 11 rings (SSSR count). The van der Waals surface area contributed by atoms with Crippen molar-refractivity contribution < 1.29 is 66.5 Å². The smallest absolute Gasteiger partial charge is 0.334 e. The molecule has 0 radical (unpaired) electrons. The standard InChI is InChI=1S/5C16H20O2.C7H8.C3H6O2.C2H3N.CH3F.CH3NO2/c5*1-11(2)14(17)18-16(5)13-9-7-6-8-12(13)10-15(16,3)4;1-7-5-3-2-4-6-7;1-3(4)5-2;1-3-2;1-2;1-2(3)4/h5*6-9H,1,10H2,2-5H3;2-6H,1H3;1-2H3;1H3;1H3;1H3. The molecular formula is C94H123FN2O14. The molecule has 6 aromatic rings. The van der Waals surface area contributed by atoms with Crippen LogP contribution in [-0.2, 0) is 117 Å². The van der Waals surface area contributed by atoms with Gasteiger partial charge in [-0.15, -0.1) is 0 Å². The highest BCUT2D eigenvalue weighted by Gasteiger charge is 2.56. The van der Waals surface area contributed by atoms with Gasteiger partial charge < -0.3 is 33.3 Å². The summed E-state index contributed by atoms with van der Waals surface area (Å²) in [5, 5.41) is 8.81. The first-order valence-electron chi connectivity index (χ1n) is 36.8. The van der Waals surface area contributed by atoms with Gasteiger partial charge in [0, 0.05) is 66.8 Å². The van der Waals surface area contributed by atoms with Gasteiger partial charge in [0.1, 0.15) is 28.0 Å². The summed E-state index contributed by atoms with van der Waals surface area (Å²) >= 11 is 0. The highest BCUT2D eigenvalue weighted by molar-refractivity contribution is 5.89. The van der Waals surface area contributed by atoms with Crippen LogP contribution in [0.15, 0.2) is 212 Å². The average molecular weight is 1520 g/mol. The van der Waals surface area contributed by atoms with Crippen LogP contribution in [0, 0.1) is 50.7 Å². The van der Waals surface area contributed by atoms with Crippen LogP contribution in [0.3, 0.4) is 0 Å². The van der Waals surface area contributed by atoms with Crippen molar-refractivity contribution in [3.05, 3.63) is 295 Å². The van der Waals surface area contributed by atoms with E-state index in [1.54, 1.807) is 34.6 Å². The Kier molecular flexibility index (Phi) is 34.9. The highest BCUT2D eigenvalue weighted by atomic mass is 19.1. The SMILES string of the molecule is C=C(C)C(=O)OC1(C)c2ccccc2CC1(C)C.C=C(C)C(=O)OC1(C)c2ccccc2CC1(C)C.C=C(C)C(=O)OC1(C)c2ccccc2CC1(C)C.C=C(C)C(=O)OC1(C)c2ccccc2CC1(C)C.C=C(C)C(=O)OC1(C)c2ccccc2CC1(C)C.CF.COC(C)=O.C[N+](=O)[O-].Cc1ccccc1.[C-]#[N+]C. The third-order valence-corrected chi connectivity index (χ3v) is 21.7. The normalized spacial score (nSPS) is 21.0. The lowest BCUT2D eigenvalue weighted by Crippen LogP contribution is -2.40. The number of aryl methyl sites for hydroxylation is 1. The van der Waals surface area contributed by atoms with Crippen LogP contribution in [0.25, 0.3) is 4.85 Å². The van der Waals surface area contributed by atoms with Crippen LogP contribution in [0.1, 0.15) is 207 Å². The summed E-state index contributed by atoms with van der Waals surface area (Å²) in [7, 11) is 4.16. The van der Waals surface area contributed by atoms with Gasteiger partial charge in [-0.3, -0.25) is 19.3 Å². The van der Waals surface area contributed by atoms with E-state index in [2.05, 4.69) is 191 Å². The number of methoxy groups -OCH3 is 1. The number of hydrogen-bond acceptors (Lipinski definition) is 14. The van der Waals surface area contributed by atoms with Gasteiger partial charge in [-0.1, -0.05) is 259 Å². The van der Waals surface area contributed by atoms with Crippen molar-refractivity contribution in [3.8, 4) is 0 Å². The zero-order chi connectivity index (χ0) is 85.4. The monoisotopic (exact) mass is 1520 g/mol. The minimum atomic E-state index is -0.584. The van der Waals surface area contributed by atoms with Gasteiger partial charge in [0.2, 0.25) is 7.05 Å². The number of alkyl halides is 1. The lowest BCUT2D eigenvalue weighted by Gasteiger charge is -2.38.